The Morgan fingerprint density at radius 2 is 1.71 bits per heavy atom. The maximum absolute atomic E-state index is 10.1. The average molecular weight is 228 g/mol. The van der Waals surface area contributed by atoms with E-state index in [0.717, 1.165) is 11.1 Å². The van der Waals surface area contributed by atoms with Crippen molar-refractivity contribution in [1.82, 2.24) is 0 Å². The molecule has 1 atom stereocenters. The number of hydrogen-bond acceptors (Lipinski definition) is 2. The second-order valence-corrected chi connectivity index (χ2v) is 4.15. The molecule has 2 rings (SSSR count). The number of benzene rings is 2. The van der Waals surface area contributed by atoms with Gasteiger partial charge in [-0.25, -0.2) is 0 Å². The molecule has 0 aliphatic carbocycles. The molecule has 0 aliphatic heterocycles. The van der Waals surface area contributed by atoms with Crippen molar-refractivity contribution < 1.29 is 10.2 Å². The fourth-order valence-corrected chi connectivity index (χ4v) is 2.01. The maximum atomic E-state index is 10.1. The molecular weight excluding hydrogens is 212 g/mol. The summed E-state index contributed by atoms with van der Waals surface area (Å²) in [5, 5.41) is 19.2. The van der Waals surface area contributed by atoms with Crippen LogP contribution in [0.1, 0.15) is 29.5 Å². The summed E-state index contributed by atoms with van der Waals surface area (Å²) in [4.78, 5) is 0. The van der Waals surface area contributed by atoms with Crippen LogP contribution in [0, 0.1) is 0 Å². The predicted octanol–water partition coefficient (Wildman–Crippen LogP) is 3.04. The highest BCUT2D eigenvalue weighted by atomic mass is 16.3. The van der Waals surface area contributed by atoms with Crippen LogP contribution >= 0.6 is 0 Å². The van der Waals surface area contributed by atoms with E-state index < -0.39 is 0 Å². The van der Waals surface area contributed by atoms with Gasteiger partial charge in [0.2, 0.25) is 0 Å². The van der Waals surface area contributed by atoms with Gasteiger partial charge in [0, 0.05) is 17.0 Å². The minimum Gasteiger partial charge on any atom is -0.507 e. The molecule has 0 bridgehead atoms. The zero-order valence-electron chi connectivity index (χ0n) is 9.80. The van der Waals surface area contributed by atoms with Gasteiger partial charge in [-0.15, -0.1) is 0 Å². The van der Waals surface area contributed by atoms with E-state index in [0.29, 0.717) is 5.56 Å². The van der Waals surface area contributed by atoms with Gasteiger partial charge in [0.15, 0.2) is 0 Å². The lowest BCUT2D eigenvalue weighted by atomic mass is 9.91. The predicted molar refractivity (Wildman–Crippen MR) is 68.0 cm³/mol. The Morgan fingerprint density at radius 1 is 1.00 bits per heavy atom. The number of phenols is 1. The van der Waals surface area contributed by atoms with Gasteiger partial charge in [-0.3, -0.25) is 0 Å². The number of aliphatic hydroxyl groups is 1. The number of para-hydroxylation sites is 1. The minimum atomic E-state index is -0.138. The quantitative estimate of drug-likeness (QED) is 0.847. The van der Waals surface area contributed by atoms with Gasteiger partial charge in [-0.1, -0.05) is 55.5 Å². The topological polar surface area (TPSA) is 40.5 Å². The van der Waals surface area contributed by atoms with Gasteiger partial charge in [0.25, 0.3) is 0 Å². The summed E-state index contributed by atoms with van der Waals surface area (Å²) in [6.07, 6.45) is 0. The molecule has 2 aromatic carbocycles. The molecule has 2 nitrogen and oxygen atoms in total. The van der Waals surface area contributed by atoms with E-state index in [-0.39, 0.29) is 18.3 Å². The normalized spacial score (nSPS) is 12.4. The van der Waals surface area contributed by atoms with Crippen LogP contribution in [0.15, 0.2) is 48.5 Å². The van der Waals surface area contributed by atoms with Gasteiger partial charge < -0.3 is 10.2 Å². The van der Waals surface area contributed by atoms with Gasteiger partial charge in [-0.2, -0.15) is 0 Å². The maximum Gasteiger partial charge on any atom is 0.124 e. The second kappa shape index (κ2) is 5.02. The van der Waals surface area contributed by atoms with Crippen LogP contribution in [-0.2, 0) is 6.61 Å². The lowest BCUT2D eigenvalue weighted by Crippen LogP contribution is -1.98. The van der Waals surface area contributed by atoms with E-state index in [1.807, 2.05) is 49.4 Å². The SMILES string of the molecule is CC(c1ccccc1)c1cccc(CO)c1O. The molecule has 0 spiro atoms. The van der Waals surface area contributed by atoms with Crippen LogP contribution in [0.4, 0.5) is 0 Å². The van der Waals surface area contributed by atoms with Gasteiger partial charge in [0.1, 0.15) is 5.75 Å². The first-order chi connectivity index (χ1) is 8.24. The highest BCUT2D eigenvalue weighted by molar-refractivity contribution is 5.45. The van der Waals surface area contributed by atoms with Crippen molar-refractivity contribution in [3.05, 3.63) is 65.2 Å². The van der Waals surface area contributed by atoms with Crippen LogP contribution in [-0.4, -0.2) is 10.2 Å². The van der Waals surface area contributed by atoms with Crippen LogP contribution in [0.3, 0.4) is 0 Å². The summed E-state index contributed by atoms with van der Waals surface area (Å²) in [5.41, 5.74) is 2.57. The highest BCUT2D eigenvalue weighted by Crippen LogP contribution is 2.33. The average Bonchev–Trinajstić information content (AvgIpc) is 2.39. The van der Waals surface area contributed by atoms with Crippen LogP contribution in [0.25, 0.3) is 0 Å². The van der Waals surface area contributed by atoms with E-state index >= 15 is 0 Å². The molecule has 17 heavy (non-hydrogen) atoms. The molecule has 0 saturated carbocycles. The van der Waals surface area contributed by atoms with Crippen molar-refractivity contribution in [2.45, 2.75) is 19.4 Å². The summed E-state index contributed by atoms with van der Waals surface area (Å²) in [7, 11) is 0. The first kappa shape index (κ1) is 11.7. The monoisotopic (exact) mass is 228 g/mol. The van der Waals surface area contributed by atoms with Gasteiger partial charge >= 0.3 is 0 Å². The Kier molecular flexibility index (Phi) is 3.45. The summed E-state index contributed by atoms with van der Waals surface area (Å²) in [5.74, 6) is 0.314. The van der Waals surface area contributed by atoms with Crippen molar-refractivity contribution in [3.8, 4) is 5.75 Å². The third-order valence-corrected chi connectivity index (χ3v) is 3.09. The molecule has 0 heterocycles. The van der Waals surface area contributed by atoms with Crippen molar-refractivity contribution in [2.24, 2.45) is 0 Å². The van der Waals surface area contributed by atoms with Gasteiger partial charge in [-0.05, 0) is 5.56 Å². The molecule has 0 aromatic heterocycles. The van der Waals surface area contributed by atoms with E-state index in [1.165, 1.54) is 0 Å². The molecule has 2 aromatic rings. The number of hydrogen-bond donors (Lipinski definition) is 2. The Labute approximate surface area is 101 Å². The standard InChI is InChI=1S/C15H16O2/c1-11(12-6-3-2-4-7-12)14-9-5-8-13(10-16)15(14)17/h2-9,11,16-17H,10H2,1H3. The largest absolute Gasteiger partial charge is 0.507 e. The lowest BCUT2D eigenvalue weighted by molar-refractivity contribution is 0.275. The lowest BCUT2D eigenvalue weighted by Gasteiger charge is -2.15. The zero-order valence-corrected chi connectivity index (χ0v) is 9.80. The molecule has 0 fully saturated rings. The summed E-state index contributed by atoms with van der Waals surface area (Å²) >= 11 is 0. The van der Waals surface area contributed by atoms with Crippen molar-refractivity contribution in [3.63, 3.8) is 0 Å². The van der Waals surface area contributed by atoms with Gasteiger partial charge in [0.05, 0.1) is 6.61 Å². The molecular formula is C15H16O2. The molecule has 0 radical (unpaired) electrons. The number of aliphatic hydroxyl groups excluding tert-OH is 1. The molecule has 0 aliphatic rings. The Bertz CT molecular complexity index is 492. The van der Waals surface area contributed by atoms with Crippen molar-refractivity contribution >= 4 is 0 Å². The third-order valence-electron chi connectivity index (χ3n) is 3.09. The highest BCUT2D eigenvalue weighted by Gasteiger charge is 2.14. The first-order valence-electron chi connectivity index (χ1n) is 5.70. The molecule has 0 saturated heterocycles. The number of rotatable bonds is 3. The molecule has 88 valence electrons. The van der Waals surface area contributed by atoms with Crippen molar-refractivity contribution in [1.29, 1.82) is 0 Å². The summed E-state index contributed by atoms with van der Waals surface area (Å²) in [6, 6.07) is 15.5. The molecule has 0 amide bonds. The molecule has 2 N–H and O–H groups in total. The zero-order chi connectivity index (χ0) is 12.3. The van der Waals surface area contributed by atoms with E-state index in [9.17, 15) is 5.11 Å². The third kappa shape index (κ3) is 2.32. The van der Waals surface area contributed by atoms with Crippen LogP contribution < -0.4 is 0 Å². The van der Waals surface area contributed by atoms with Crippen LogP contribution in [0.5, 0.6) is 5.75 Å². The fourth-order valence-electron chi connectivity index (χ4n) is 2.01. The molecule has 2 heteroatoms. The Balaban J connectivity index is 2.41. The van der Waals surface area contributed by atoms with E-state index in [2.05, 4.69) is 0 Å². The fraction of sp³-hybridized carbons (Fsp3) is 0.200. The molecule has 1 unspecified atom stereocenters. The Morgan fingerprint density at radius 3 is 2.35 bits per heavy atom. The summed E-state index contributed by atoms with van der Waals surface area (Å²) < 4.78 is 0. The second-order valence-electron chi connectivity index (χ2n) is 4.15. The Hall–Kier alpha value is -1.80. The first-order valence-corrected chi connectivity index (χ1v) is 5.70. The van der Waals surface area contributed by atoms with E-state index in [1.54, 1.807) is 6.07 Å². The summed E-state index contributed by atoms with van der Waals surface area (Å²) in [6.45, 7) is 1.91. The van der Waals surface area contributed by atoms with Crippen molar-refractivity contribution in [2.75, 3.05) is 0 Å². The number of aromatic hydroxyl groups is 1. The van der Waals surface area contributed by atoms with Crippen LogP contribution in [0.2, 0.25) is 0 Å². The van der Waals surface area contributed by atoms with E-state index in [4.69, 9.17) is 5.11 Å². The minimum absolute atomic E-state index is 0.114. The smallest absolute Gasteiger partial charge is 0.124 e.